The quantitative estimate of drug-likeness (QED) is 0.681. The summed E-state index contributed by atoms with van der Waals surface area (Å²) in [5.74, 6) is 0.0676. The highest BCUT2D eigenvalue weighted by Crippen LogP contribution is 2.32. The van der Waals surface area contributed by atoms with E-state index in [1.165, 1.54) is 0 Å². The maximum absolute atomic E-state index is 11.1. The van der Waals surface area contributed by atoms with Crippen LogP contribution in [0.4, 0.5) is 11.4 Å². The van der Waals surface area contributed by atoms with Crippen molar-refractivity contribution in [3.8, 4) is 0 Å². The number of hydrogen-bond acceptors (Lipinski definition) is 2. The van der Waals surface area contributed by atoms with E-state index in [0.29, 0.717) is 6.42 Å². The first kappa shape index (κ1) is 8.56. The molecule has 1 heterocycles. The fraction of sp³-hybridized carbons (Fsp3) is 0.222. The minimum atomic E-state index is 0.0676. The number of fused-ring (bicyclic) bond motifs is 1. The largest absolute Gasteiger partial charge is 0.399 e. The number of nitrogens with two attached hydrogens (primary N) is 1. The van der Waals surface area contributed by atoms with Crippen LogP contribution in [0.1, 0.15) is 12.0 Å². The first-order chi connectivity index (χ1) is 6.16. The number of hydrogen-bond donors (Lipinski definition) is 2. The van der Waals surface area contributed by atoms with Gasteiger partial charge in [0, 0.05) is 16.6 Å². The van der Waals surface area contributed by atoms with E-state index in [0.717, 1.165) is 27.8 Å². The Kier molecular flexibility index (Phi) is 2.00. The van der Waals surface area contributed by atoms with Crippen LogP contribution in [-0.4, -0.2) is 5.91 Å². The third kappa shape index (κ3) is 1.54. The number of aryl methyl sites for hydroxylation is 1. The van der Waals surface area contributed by atoms with Crippen molar-refractivity contribution in [1.82, 2.24) is 0 Å². The number of nitrogens with one attached hydrogen (secondary N) is 1. The van der Waals surface area contributed by atoms with Crippen LogP contribution in [0.15, 0.2) is 16.6 Å². The van der Waals surface area contributed by atoms with Gasteiger partial charge in [-0.15, -0.1) is 0 Å². The predicted molar refractivity (Wildman–Crippen MR) is 55.5 cm³/mol. The molecule has 1 aliphatic rings. The van der Waals surface area contributed by atoms with Gasteiger partial charge in [-0.2, -0.15) is 0 Å². The molecule has 0 radical (unpaired) electrons. The van der Waals surface area contributed by atoms with Crippen LogP contribution in [0.25, 0.3) is 0 Å². The van der Waals surface area contributed by atoms with Crippen molar-refractivity contribution in [2.24, 2.45) is 0 Å². The van der Waals surface area contributed by atoms with Gasteiger partial charge in [0.25, 0.3) is 0 Å². The van der Waals surface area contributed by atoms with E-state index in [2.05, 4.69) is 21.2 Å². The Morgan fingerprint density at radius 3 is 2.92 bits per heavy atom. The monoisotopic (exact) mass is 240 g/mol. The molecule has 0 fully saturated rings. The second-order valence-electron chi connectivity index (χ2n) is 3.09. The second-order valence-corrected chi connectivity index (χ2v) is 3.94. The van der Waals surface area contributed by atoms with E-state index >= 15 is 0 Å². The number of carbonyl (C=O) groups is 1. The summed E-state index contributed by atoms with van der Waals surface area (Å²) in [5, 5.41) is 2.81. The lowest BCUT2D eigenvalue weighted by Gasteiger charge is -2.18. The molecule has 2 rings (SSSR count). The van der Waals surface area contributed by atoms with Crippen molar-refractivity contribution in [3.63, 3.8) is 0 Å². The third-order valence-electron chi connectivity index (χ3n) is 2.08. The Morgan fingerprint density at radius 2 is 2.15 bits per heavy atom. The molecule has 13 heavy (non-hydrogen) atoms. The van der Waals surface area contributed by atoms with Crippen molar-refractivity contribution >= 4 is 33.2 Å². The lowest BCUT2D eigenvalue weighted by atomic mass is 10.0. The summed E-state index contributed by atoms with van der Waals surface area (Å²) >= 11 is 3.37. The van der Waals surface area contributed by atoms with Gasteiger partial charge in [-0.3, -0.25) is 4.79 Å². The first-order valence-electron chi connectivity index (χ1n) is 4.04. The highest BCUT2D eigenvalue weighted by molar-refractivity contribution is 9.10. The fourth-order valence-corrected chi connectivity index (χ4v) is 2.09. The van der Waals surface area contributed by atoms with Crippen molar-refractivity contribution in [2.45, 2.75) is 12.8 Å². The molecule has 1 aliphatic heterocycles. The lowest BCUT2D eigenvalue weighted by molar-refractivity contribution is -0.116. The molecule has 0 saturated carbocycles. The van der Waals surface area contributed by atoms with Crippen LogP contribution in [0.5, 0.6) is 0 Å². The number of benzene rings is 1. The Balaban J connectivity index is 2.53. The van der Waals surface area contributed by atoms with Crippen LogP contribution < -0.4 is 11.1 Å². The SMILES string of the molecule is Nc1cc(Br)c2c(c1)CCC(=O)N2. The van der Waals surface area contributed by atoms with E-state index in [9.17, 15) is 4.79 Å². The Morgan fingerprint density at radius 1 is 1.38 bits per heavy atom. The van der Waals surface area contributed by atoms with Gasteiger partial charge in [0.2, 0.25) is 5.91 Å². The summed E-state index contributed by atoms with van der Waals surface area (Å²) in [5.41, 5.74) is 8.37. The summed E-state index contributed by atoms with van der Waals surface area (Å²) in [6.45, 7) is 0. The standard InChI is InChI=1S/C9H9BrN2O/c10-7-4-6(11)3-5-1-2-8(13)12-9(5)7/h3-4H,1-2,11H2,(H,12,13). The van der Waals surface area contributed by atoms with Crippen molar-refractivity contribution < 1.29 is 4.79 Å². The topological polar surface area (TPSA) is 55.1 Å². The average molecular weight is 241 g/mol. The molecule has 3 N–H and O–H groups in total. The normalized spacial score (nSPS) is 15.0. The van der Waals surface area contributed by atoms with E-state index in [4.69, 9.17) is 5.73 Å². The van der Waals surface area contributed by atoms with E-state index in [1.807, 2.05) is 6.07 Å². The maximum Gasteiger partial charge on any atom is 0.224 e. The number of anilines is 2. The summed E-state index contributed by atoms with van der Waals surface area (Å²) in [7, 11) is 0. The molecule has 0 atom stereocenters. The molecule has 0 spiro atoms. The number of rotatable bonds is 0. The molecular weight excluding hydrogens is 232 g/mol. The maximum atomic E-state index is 11.1. The zero-order valence-electron chi connectivity index (χ0n) is 6.93. The van der Waals surface area contributed by atoms with Gasteiger partial charge < -0.3 is 11.1 Å². The number of amides is 1. The highest BCUT2D eigenvalue weighted by atomic mass is 79.9. The van der Waals surface area contributed by atoms with Gasteiger partial charge in [0.05, 0.1) is 5.69 Å². The molecule has 4 heteroatoms. The van der Waals surface area contributed by atoms with E-state index in [-0.39, 0.29) is 5.91 Å². The number of carbonyl (C=O) groups excluding carboxylic acids is 1. The molecule has 0 aliphatic carbocycles. The molecular formula is C9H9BrN2O. The Hall–Kier alpha value is -1.03. The molecule has 0 aromatic heterocycles. The van der Waals surface area contributed by atoms with Gasteiger partial charge in [0.15, 0.2) is 0 Å². The summed E-state index contributed by atoms with van der Waals surface area (Å²) < 4.78 is 0.857. The highest BCUT2D eigenvalue weighted by Gasteiger charge is 2.17. The van der Waals surface area contributed by atoms with Crippen molar-refractivity contribution in [2.75, 3.05) is 11.1 Å². The molecule has 0 unspecified atom stereocenters. The lowest BCUT2D eigenvalue weighted by Crippen LogP contribution is -2.19. The first-order valence-corrected chi connectivity index (χ1v) is 4.84. The van der Waals surface area contributed by atoms with Crippen LogP contribution in [0, 0.1) is 0 Å². The second kappa shape index (κ2) is 3.03. The molecule has 0 bridgehead atoms. The summed E-state index contributed by atoms with van der Waals surface area (Å²) in [4.78, 5) is 11.1. The molecule has 3 nitrogen and oxygen atoms in total. The average Bonchev–Trinajstić information content (AvgIpc) is 2.06. The van der Waals surface area contributed by atoms with Gasteiger partial charge in [-0.1, -0.05) is 0 Å². The zero-order chi connectivity index (χ0) is 9.42. The van der Waals surface area contributed by atoms with Gasteiger partial charge >= 0.3 is 0 Å². The van der Waals surface area contributed by atoms with Crippen molar-refractivity contribution in [1.29, 1.82) is 0 Å². The summed E-state index contributed by atoms with van der Waals surface area (Å²) in [6.07, 6.45) is 1.31. The van der Waals surface area contributed by atoms with E-state index in [1.54, 1.807) is 6.07 Å². The van der Waals surface area contributed by atoms with Gasteiger partial charge in [-0.05, 0) is 40.0 Å². The number of halogens is 1. The molecule has 1 aromatic carbocycles. The summed E-state index contributed by atoms with van der Waals surface area (Å²) in [6, 6.07) is 3.70. The van der Waals surface area contributed by atoms with E-state index < -0.39 is 0 Å². The molecule has 68 valence electrons. The zero-order valence-corrected chi connectivity index (χ0v) is 8.52. The van der Waals surface area contributed by atoms with Crippen LogP contribution in [0.2, 0.25) is 0 Å². The molecule has 1 amide bonds. The van der Waals surface area contributed by atoms with Crippen LogP contribution in [0.3, 0.4) is 0 Å². The number of nitrogen functional groups attached to an aromatic ring is 1. The van der Waals surface area contributed by atoms with Crippen molar-refractivity contribution in [3.05, 3.63) is 22.2 Å². The minimum Gasteiger partial charge on any atom is -0.399 e. The fourth-order valence-electron chi connectivity index (χ4n) is 1.47. The Labute approximate surface area is 84.4 Å². The smallest absolute Gasteiger partial charge is 0.224 e. The van der Waals surface area contributed by atoms with Crippen LogP contribution >= 0.6 is 15.9 Å². The third-order valence-corrected chi connectivity index (χ3v) is 2.71. The Bertz CT molecular complexity index is 376. The minimum absolute atomic E-state index is 0.0676. The van der Waals surface area contributed by atoms with Crippen LogP contribution in [-0.2, 0) is 11.2 Å². The molecule has 0 saturated heterocycles. The predicted octanol–water partition coefficient (Wildman–Crippen LogP) is 1.92. The van der Waals surface area contributed by atoms with Gasteiger partial charge in [-0.25, -0.2) is 0 Å². The van der Waals surface area contributed by atoms with Gasteiger partial charge in [0.1, 0.15) is 0 Å². The molecule has 1 aromatic rings.